The number of nitrogens with zero attached hydrogens (tertiary/aromatic N) is 2. The number of hydrogen-bond acceptors (Lipinski definition) is 4. The molecule has 0 spiro atoms. The van der Waals surface area contributed by atoms with Crippen molar-refractivity contribution in [2.45, 2.75) is 19.4 Å². The highest BCUT2D eigenvalue weighted by Crippen LogP contribution is 2.07. The van der Waals surface area contributed by atoms with Crippen molar-refractivity contribution in [1.82, 2.24) is 10.2 Å². The topological polar surface area (TPSA) is 91.0 Å². The van der Waals surface area contributed by atoms with Gasteiger partial charge in [-0.15, -0.1) is 0 Å². The Morgan fingerprint density at radius 3 is 2.55 bits per heavy atom. The molecule has 0 aliphatic carbocycles. The molecule has 1 heterocycles. The summed E-state index contributed by atoms with van der Waals surface area (Å²) in [6.45, 7) is 2.75. The Morgan fingerprint density at radius 2 is 1.95 bits per heavy atom. The van der Waals surface area contributed by atoms with Gasteiger partial charge in [-0.3, -0.25) is 4.79 Å². The summed E-state index contributed by atoms with van der Waals surface area (Å²) in [7, 11) is 0. The monoisotopic (exact) mass is 276 g/mol. The molecule has 20 heavy (non-hydrogen) atoms. The molecule has 0 saturated carbocycles. The molecule has 0 aromatic heterocycles. The van der Waals surface area contributed by atoms with Crippen molar-refractivity contribution >= 4 is 11.7 Å². The van der Waals surface area contributed by atoms with Crippen LogP contribution in [0.1, 0.15) is 24.0 Å². The van der Waals surface area contributed by atoms with Crippen LogP contribution >= 0.6 is 0 Å². The second kappa shape index (κ2) is 6.91. The SMILES string of the molecule is N/C(=N/O)c1ccc(CNCC(=O)N2CCCC2)cc1. The summed E-state index contributed by atoms with van der Waals surface area (Å²) in [4.78, 5) is 13.7. The average molecular weight is 276 g/mol. The predicted molar refractivity (Wildman–Crippen MR) is 76.5 cm³/mol. The van der Waals surface area contributed by atoms with Crippen LogP contribution in [0.2, 0.25) is 0 Å². The van der Waals surface area contributed by atoms with Crippen molar-refractivity contribution in [3.8, 4) is 0 Å². The van der Waals surface area contributed by atoms with Crippen molar-refractivity contribution in [2.75, 3.05) is 19.6 Å². The molecule has 1 saturated heterocycles. The number of rotatable bonds is 5. The molecule has 1 aromatic rings. The van der Waals surface area contributed by atoms with E-state index in [1.807, 2.05) is 17.0 Å². The maximum absolute atomic E-state index is 11.8. The van der Waals surface area contributed by atoms with E-state index in [1.165, 1.54) is 0 Å². The third kappa shape index (κ3) is 3.71. The van der Waals surface area contributed by atoms with E-state index in [0.717, 1.165) is 31.5 Å². The van der Waals surface area contributed by atoms with Gasteiger partial charge < -0.3 is 21.2 Å². The molecule has 6 nitrogen and oxygen atoms in total. The summed E-state index contributed by atoms with van der Waals surface area (Å²) >= 11 is 0. The fraction of sp³-hybridized carbons (Fsp3) is 0.429. The number of benzene rings is 1. The van der Waals surface area contributed by atoms with Crippen LogP contribution in [0.5, 0.6) is 0 Å². The van der Waals surface area contributed by atoms with E-state index in [2.05, 4.69) is 10.5 Å². The summed E-state index contributed by atoms with van der Waals surface area (Å²) in [5.74, 6) is 0.254. The molecule has 0 radical (unpaired) electrons. The summed E-state index contributed by atoms with van der Waals surface area (Å²) in [5, 5.41) is 14.7. The maximum atomic E-state index is 11.8. The van der Waals surface area contributed by atoms with Gasteiger partial charge in [0.1, 0.15) is 0 Å². The summed E-state index contributed by atoms with van der Waals surface area (Å²) in [6, 6.07) is 7.35. The summed E-state index contributed by atoms with van der Waals surface area (Å²) in [6.07, 6.45) is 2.22. The van der Waals surface area contributed by atoms with Crippen molar-refractivity contribution in [3.05, 3.63) is 35.4 Å². The minimum atomic E-state index is 0.0914. The lowest BCUT2D eigenvalue weighted by molar-refractivity contribution is -0.129. The Morgan fingerprint density at radius 1 is 1.30 bits per heavy atom. The largest absolute Gasteiger partial charge is 0.409 e. The second-order valence-corrected chi connectivity index (χ2v) is 4.87. The highest BCUT2D eigenvalue weighted by atomic mass is 16.4. The van der Waals surface area contributed by atoms with Gasteiger partial charge in [-0.05, 0) is 18.4 Å². The zero-order chi connectivity index (χ0) is 14.4. The van der Waals surface area contributed by atoms with Crippen LogP contribution in [0, 0.1) is 0 Å². The molecule has 1 aliphatic rings. The number of carbonyl (C=O) groups is 1. The van der Waals surface area contributed by atoms with E-state index in [0.29, 0.717) is 18.7 Å². The fourth-order valence-electron chi connectivity index (χ4n) is 2.24. The third-order valence-corrected chi connectivity index (χ3v) is 3.42. The molecule has 108 valence electrons. The number of amides is 1. The highest BCUT2D eigenvalue weighted by Gasteiger charge is 2.16. The molecule has 0 unspecified atom stereocenters. The first kappa shape index (κ1) is 14.3. The lowest BCUT2D eigenvalue weighted by Crippen LogP contribution is -2.35. The molecule has 4 N–H and O–H groups in total. The standard InChI is InChI=1S/C14H20N4O2/c15-14(17-20)12-5-3-11(4-6-12)9-16-10-13(19)18-7-1-2-8-18/h3-6,16,20H,1-2,7-10H2,(H2,15,17). The van der Waals surface area contributed by atoms with Gasteiger partial charge in [0.05, 0.1) is 6.54 Å². The molecule has 0 bridgehead atoms. The number of hydrogen-bond donors (Lipinski definition) is 3. The van der Waals surface area contributed by atoms with Crippen LogP contribution in [0.3, 0.4) is 0 Å². The Balaban J connectivity index is 1.78. The Hall–Kier alpha value is -2.08. The average Bonchev–Trinajstić information content (AvgIpc) is 3.01. The number of amidine groups is 1. The van der Waals surface area contributed by atoms with E-state index in [9.17, 15) is 4.79 Å². The fourth-order valence-corrected chi connectivity index (χ4v) is 2.24. The zero-order valence-corrected chi connectivity index (χ0v) is 11.4. The first-order chi connectivity index (χ1) is 9.70. The zero-order valence-electron chi connectivity index (χ0n) is 11.4. The van der Waals surface area contributed by atoms with Crippen LogP contribution in [-0.4, -0.2) is 41.5 Å². The van der Waals surface area contributed by atoms with Gasteiger partial charge in [-0.2, -0.15) is 0 Å². The number of likely N-dealkylation sites (tertiary alicyclic amines) is 1. The van der Waals surface area contributed by atoms with Crippen LogP contribution < -0.4 is 11.1 Å². The molecule has 0 atom stereocenters. The predicted octanol–water partition coefficient (Wildman–Crippen LogP) is 0.493. The van der Waals surface area contributed by atoms with Gasteiger partial charge in [0, 0.05) is 25.2 Å². The number of nitrogens with one attached hydrogen (secondary N) is 1. The highest BCUT2D eigenvalue weighted by molar-refractivity contribution is 5.96. The van der Waals surface area contributed by atoms with Gasteiger partial charge in [0.15, 0.2) is 5.84 Å². The quantitative estimate of drug-likeness (QED) is 0.316. The van der Waals surface area contributed by atoms with Gasteiger partial charge in [-0.25, -0.2) is 0 Å². The molecule has 2 rings (SSSR count). The smallest absolute Gasteiger partial charge is 0.236 e. The number of carbonyl (C=O) groups excluding carboxylic acids is 1. The van der Waals surface area contributed by atoms with Gasteiger partial charge >= 0.3 is 0 Å². The summed E-state index contributed by atoms with van der Waals surface area (Å²) < 4.78 is 0. The van der Waals surface area contributed by atoms with Crippen molar-refractivity contribution in [1.29, 1.82) is 0 Å². The van der Waals surface area contributed by atoms with Crippen LogP contribution in [-0.2, 0) is 11.3 Å². The van der Waals surface area contributed by atoms with Gasteiger partial charge in [0.25, 0.3) is 0 Å². The minimum Gasteiger partial charge on any atom is -0.409 e. The van der Waals surface area contributed by atoms with Crippen LogP contribution in [0.4, 0.5) is 0 Å². The van der Waals surface area contributed by atoms with Gasteiger partial charge in [0.2, 0.25) is 5.91 Å². The van der Waals surface area contributed by atoms with Crippen molar-refractivity contribution in [3.63, 3.8) is 0 Å². The van der Waals surface area contributed by atoms with Crippen LogP contribution in [0.15, 0.2) is 29.4 Å². The van der Waals surface area contributed by atoms with Gasteiger partial charge in [-0.1, -0.05) is 29.4 Å². The first-order valence-electron chi connectivity index (χ1n) is 6.76. The Kier molecular flexibility index (Phi) is 4.95. The third-order valence-electron chi connectivity index (χ3n) is 3.42. The van der Waals surface area contributed by atoms with Crippen LogP contribution in [0.25, 0.3) is 0 Å². The lowest BCUT2D eigenvalue weighted by Gasteiger charge is -2.15. The molecule has 1 amide bonds. The Labute approximate surface area is 118 Å². The minimum absolute atomic E-state index is 0.0914. The molecule has 1 aliphatic heterocycles. The van der Waals surface area contributed by atoms with E-state index in [4.69, 9.17) is 10.9 Å². The van der Waals surface area contributed by atoms with Crippen molar-refractivity contribution in [2.24, 2.45) is 10.9 Å². The maximum Gasteiger partial charge on any atom is 0.236 e. The van der Waals surface area contributed by atoms with E-state index >= 15 is 0 Å². The Bertz CT molecular complexity index is 478. The van der Waals surface area contributed by atoms with Crippen molar-refractivity contribution < 1.29 is 10.0 Å². The second-order valence-electron chi connectivity index (χ2n) is 4.87. The van der Waals surface area contributed by atoms with E-state index in [1.54, 1.807) is 12.1 Å². The number of nitrogens with two attached hydrogens (primary N) is 1. The molecule has 1 aromatic carbocycles. The molecule has 1 fully saturated rings. The molecular weight excluding hydrogens is 256 g/mol. The normalized spacial score (nSPS) is 15.6. The van der Waals surface area contributed by atoms with E-state index < -0.39 is 0 Å². The summed E-state index contributed by atoms with van der Waals surface area (Å²) in [5.41, 5.74) is 7.21. The lowest BCUT2D eigenvalue weighted by atomic mass is 10.1. The van der Waals surface area contributed by atoms with E-state index in [-0.39, 0.29) is 11.7 Å². The first-order valence-corrected chi connectivity index (χ1v) is 6.76. The molecule has 6 heteroatoms. The number of oxime groups is 1. The molecular formula is C14H20N4O2.